The van der Waals surface area contributed by atoms with E-state index in [1.165, 1.54) is 32.5 Å². The Morgan fingerprint density at radius 2 is 1.50 bits per heavy atom. The Morgan fingerprint density at radius 1 is 0.958 bits per heavy atom. The van der Waals surface area contributed by atoms with Gasteiger partial charge >= 0.3 is 0 Å². The van der Waals surface area contributed by atoms with Crippen LogP contribution in [0.5, 0.6) is 0 Å². The Hall–Kier alpha value is -0.170. The summed E-state index contributed by atoms with van der Waals surface area (Å²) in [6.45, 7) is 13.0. The van der Waals surface area contributed by atoms with Crippen LogP contribution in [-0.2, 0) is 10.0 Å². The van der Waals surface area contributed by atoms with Gasteiger partial charge in [-0.3, -0.25) is 0 Å². The van der Waals surface area contributed by atoms with Gasteiger partial charge in [-0.1, -0.05) is 0 Å². The molecule has 6 heteroatoms. The van der Waals surface area contributed by atoms with Gasteiger partial charge in [0.2, 0.25) is 10.0 Å². The van der Waals surface area contributed by atoms with Crippen molar-refractivity contribution in [2.45, 2.75) is 70.7 Å². The number of rotatable bonds is 6. The zero-order chi connectivity index (χ0) is 17.9. The van der Waals surface area contributed by atoms with Gasteiger partial charge in [-0.05, 0) is 79.4 Å². The lowest BCUT2D eigenvalue weighted by molar-refractivity contribution is 0.0835. The summed E-state index contributed by atoms with van der Waals surface area (Å²) < 4.78 is 26.3. The van der Waals surface area contributed by atoms with E-state index < -0.39 is 10.0 Å². The molecule has 2 aliphatic heterocycles. The van der Waals surface area contributed by atoms with Gasteiger partial charge in [-0.25, -0.2) is 12.7 Å². The van der Waals surface area contributed by atoms with Gasteiger partial charge in [-0.15, -0.1) is 0 Å². The molecule has 0 amide bonds. The highest BCUT2D eigenvalue weighted by molar-refractivity contribution is 7.89. The molecule has 142 valence electrons. The van der Waals surface area contributed by atoms with Crippen molar-refractivity contribution in [2.75, 3.05) is 39.8 Å². The number of nitrogens with zero attached hydrogens (tertiary/aromatic N) is 3. The van der Waals surface area contributed by atoms with Gasteiger partial charge < -0.3 is 9.80 Å². The molecule has 2 fully saturated rings. The Kier molecular flexibility index (Phi) is 7.11. The maximum Gasteiger partial charge on any atom is 0.216 e. The molecule has 2 aliphatic rings. The topological polar surface area (TPSA) is 43.9 Å². The lowest BCUT2D eigenvalue weighted by Crippen LogP contribution is -2.50. The minimum Gasteiger partial charge on any atom is -0.304 e. The van der Waals surface area contributed by atoms with Crippen LogP contribution in [0.1, 0.15) is 53.4 Å². The average molecular weight is 360 g/mol. The number of sulfonamides is 1. The molecule has 0 N–H and O–H groups in total. The predicted molar refractivity (Wildman–Crippen MR) is 101 cm³/mol. The van der Waals surface area contributed by atoms with Crippen LogP contribution in [0.25, 0.3) is 0 Å². The summed E-state index contributed by atoms with van der Waals surface area (Å²) in [4.78, 5) is 5.07. The third-order valence-electron chi connectivity index (χ3n) is 5.97. The Balaban J connectivity index is 1.77. The highest BCUT2D eigenvalue weighted by atomic mass is 32.2. The van der Waals surface area contributed by atoms with E-state index in [0.29, 0.717) is 25.2 Å². The first-order valence-electron chi connectivity index (χ1n) is 9.65. The van der Waals surface area contributed by atoms with Crippen molar-refractivity contribution in [1.82, 2.24) is 14.1 Å². The molecule has 2 rings (SSSR count). The molecular weight excluding hydrogens is 322 g/mol. The molecule has 0 saturated carbocycles. The van der Waals surface area contributed by atoms with Crippen LogP contribution in [0.15, 0.2) is 0 Å². The molecule has 5 nitrogen and oxygen atoms in total. The summed E-state index contributed by atoms with van der Waals surface area (Å²) in [7, 11) is -0.851. The van der Waals surface area contributed by atoms with E-state index in [4.69, 9.17) is 0 Å². The molecule has 0 radical (unpaired) electrons. The zero-order valence-electron chi connectivity index (χ0n) is 16.2. The summed E-state index contributed by atoms with van der Waals surface area (Å²) >= 11 is 0. The molecule has 24 heavy (non-hydrogen) atoms. The highest BCUT2D eigenvalue weighted by Gasteiger charge is 2.33. The smallest absolute Gasteiger partial charge is 0.216 e. The molecule has 0 bridgehead atoms. The maximum atomic E-state index is 12.3. The van der Waals surface area contributed by atoms with Crippen LogP contribution in [-0.4, -0.2) is 79.6 Å². The number of hydrogen-bond acceptors (Lipinski definition) is 4. The molecule has 0 spiro atoms. The third kappa shape index (κ3) is 4.93. The van der Waals surface area contributed by atoms with Crippen molar-refractivity contribution >= 4 is 10.0 Å². The van der Waals surface area contributed by atoms with Crippen molar-refractivity contribution in [3.05, 3.63) is 0 Å². The van der Waals surface area contributed by atoms with Crippen LogP contribution in [0, 0.1) is 5.92 Å². The van der Waals surface area contributed by atoms with Gasteiger partial charge in [0.25, 0.3) is 0 Å². The number of likely N-dealkylation sites (tertiary alicyclic amines) is 1. The molecule has 0 aromatic heterocycles. The van der Waals surface area contributed by atoms with Gasteiger partial charge in [0.05, 0.1) is 5.25 Å². The summed E-state index contributed by atoms with van der Waals surface area (Å²) in [5, 5.41) is -0.303. The Bertz CT molecular complexity index is 476. The van der Waals surface area contributed by atoms with Crippen LogP contribution < -0.4 is 0 Å². The van der Waals surface area contributed by atoms with Crippen molar-refractivity contribution in [3.8, 4) is 0 Å². The summed E-state index contributed by atoms with van der Waals surface area (Å²) in [6.07, 6.45) is 4.54. The van der Waals surface area contributed by atoms with E-state index in [2.05, 4.69) is 30.7 Å². The molecular formula is C18H37N3O2S. The molecule has 0 aliphatic carbocycles. The zero-order valence-corrected chi connectivity index (χ0v) is 17.1. The van der Waals surface area contributed by atoms with E-state index in [0.717, 1.165) is 18.8 Å². The fourth-order valence-corrected chi connectivity index (χ4v) is 5.19. The van der Waals surface area contributed by atoms with Crippen molar-refractivity contribution in [3.63, 3.8) is 0 Å². The van der Waals surface area contributed by atoms with Crippen LogP contribution >= 0.6 is 0 Å². The van der Waals surface area contributed by atoms with E-state index >= 15 is 0 Å². The second kappa shape index (κ2) is 8.47. The summed E-state index contributed by atoms with van der Waals surface area (Å²) in [5.74, 6) is 0.815. The van der Waals surface area contributed by atoms with Crippen molar-refractivity contribution < 1.29 is 8.42 Å². The number of piperidine rings is 2. The largest absolute Gasteiger partial charge is 0.304 e. The molecule has 2 saturated heterocycles. The van der Waals surface area contributed by atoms with Gasteiger partial charge in [-0.2, -0.15) is 0 Å². The minimum absolute atomic E-state index is 0.303. The lowest BCUT2D eigenvalue weighted by atomic mass is 9.93. The van der Waals surface area contributed by atoms with Crippen molar-refractivity contribution in [1.29, 1.82) is 0 Å². The second-order valence-electron chi connectivity index (χ2n) is 8.24. The lowest BCUT2D eigenvalue weighted by Gasteiger charge is -2.42. The fourth-order valence-electron chi connectivity index (χ4n) is 3.88. The Labute approximate surface area is 149 Å². The molecule has 2 heterocycles. The van der Waals surface area contributed by atoms with Gasteiger partial charge in [0.15, 0.2) is 0 Å². The molecule has 0 atom stereocenters. The van der Waals surface area contributed by atoms with Crippen LogP contribution in [0.2, 0.25) is 0 Å². The normalized spacial score (nSPS) is 23.7. The Morgan fingerprint density at radius 3 is 1.96 bits per heavy atom. The highest BCUT2D eigenvalue weighted by Crippen LogP contribution is 2.26. The fraction of sp³-hybridized carbons (Fsp3) is 1.00. The quantitative estimate of drug-likeness (QED) is 0.729. The third-order valence-corrected chi connectivity index (χ3v) is 8.25. The van der Waals surface area contributed by atoms with E-state index in [1.807, 2.05) is 0 Å². The van der Waals surface area contributed by atoms with Crippen LogP contribution in [0.3, 0.4) is 0 Å². The average Bonchev–Trinajstić information content (AvgIpc) is 2.55. The first-order chi connectivity index (χ1) is 11.2. The van der Waals surface area contributed by atoms with E-state index in [9.17, 15) is 8.42 Å². The molecule has 0 aromatic carbocycles. The SMILES string of the molecule is CC(C)N(C)CC1CCN(C2CCN(S(=O)(=O)C(C)C)CC2)CC1. The monoisotopic (exact) mass is 359 g/mol. The molecule has 0 unspecified atom stereocenters. The summed E-state index contributed by atoms with van der Waals surface area (Å²) in [6, 6.07) is 1.20. The second-order valence-corrected chi connectivity index (χ2v) is 10.7. The number of hydrogen-bond donors (Lipinski definition) is 0. The predicted octanol–water partition coefficient (Wildman–Crippen LogP) is 2.24. The standard InChI is InChI=1S/C18H37N3O2S/c1-15(2)19(5)14-17-6-10-20(11-7-17)18-8-12-21(13-9-18)24(22,23)16(3)4/h15-18H,6-14H2,1-5H3. The van der Waals surface area contributed by atoms with Crippen molar-refractivity contribution in [2.24, 2.45) is 5.92 Å². The van der Waals surface area contributed by atoms with E-state index in [-0.39, 0.29) is 5.25 Å². The first kappa shape index (κ1) is 20.1. The van der Waals surface area contributed by atoms with Crippen LogP contribution in [0.4, 0.5) is 0 Å². The van der Waals surface area contributed by atoms with E-state index in [1.54, 1.807) is 18.2 Å². The summed E-state index contributed by atoms with van der Waals surface area (Å²) in [5.41, 5.74) is 0. The minimum atomic E-state index is -3.08. The van der Waals surface area contributed by atoms with Gasteiger partial charge in [0, 0.05) is 31.7 Å². The maximum absolute atomic E-state index is 12.3. The van der Waals surface area contributed by atoms with Gasteiger partial charge in [0.1, 0.15) is 0 Å². The molecule has 0 aromatic rings. The first-order valence-corrected chi connectivity index (χ1v) is 11.2.